The molecule has 3 rings (SSSR count). The summed E-state index contributed by atoms with van der Waals surface area (Å²) in [5, 5.41) is 6.49. The lowest BCUT2D eigenvalue weighted by atomic mass is 10.2. The second kappa shape index (κ2) is 7.51. The third-order valence-corrected chi connectivity index (χ3v) is 4.11. The van der Waals surface area contributed by atoms with Crippen LogP contribution < -0.4 is 10.6 Å². The highest BCUT2D eigenvalue weighted by atomic mass is 35.5. The van der Waals surface area contributed by atoms with E-state index in [4.69, 9.17) is 23.2 Å². The zero-order chi connectivity index (χ0) is 17.8. The molecule has 25 heavy (non-hydrogen) atoms. The van der Waals surface area contributed by atoms with Crippen molar-refractivity contribution >= 4 is 46.4 Å². The molecule has 3 aromatic rings. The Kier molecular flexibility index (Phi) is 5.16. The van der Waals surface area contributed by atoms with Crippen LogP contribution in [0.5, 0.6) is 0 Å². The van der Waals surface area contributed by atoms with Gasteiger partial charge in [-0.1, -0.05) is 47.5 Å². The van der Waals surface area contributed by atoms with Crippen LogP contribution in [0.3, 0.4) is 0 Å². The van der Waals surface area contributed by atoms with E-state index in [0.717, 1.165) is 11.3 Å². The molecular formula is C18H14Cl2N4O. The maximum atomic E-state index is 12.4. The van der Waals surface area contributed by atoms with Crippen molar-refractivity contribution in [1.82, 2.24) is 9.97 Å². The molecule has 2 aromatic carbocycles. The largest absolute Gasteiger partial charge is 0.324 e. The van der Waals surface area contributed by atoms with Crippen LogP contribution in [-0.2, 0) is 0 Å². The third kappa shape index (κ3) is 4.07. The fraction of sp³-hybridized carbons (Fsp3) is 0.0556. The van der Waals surface area contributed by atoms with Gasteiger partial charge in [-0.3, -0.25) is 4.79 Å². The summed E-state index contributed by atoms with van der Waals surface area (Å²) in [4.78, 5) is 20.8. The van der Waals surface area contributed by atoms with Gasteiger partial charge in [-0.2, -0.15) is 0 Å². The summed E-state index contributed by atoms with van der Waals surface area (Å²) in [6.07, 6.45) is 1.51. The van der Waals surface area contributed by atoms with Crippen LogP contribution in [0.1, 0.15) is 16.1 Å². The summed E-state index contributed by atoms with van der Waals surface area (Å²) in [6, 6.07) is 14.2. The molecule has 0 unspecified atom stereocenters. The molecule has 0 aliphatic rings. The molecule has 1 aromatic heterocycles. The van der Waals surface area contributed by atoms with Gasteiger partial charge in [0, 0.05) is 11.9 Å². The van der Waals surface area contributed by atoms with Gasteiger partial charge in [0.15, 0.2) is 0 Å². The average molecular weight is 373 g/mol. The molecule has 7 heteroatoms. The van der Waals surface area contributed by atoms with Crippen LogP contribution in [-0.4, -0.2) is 15.9 Å². The first-order valence-electron chi connectivity index (χ1n) is 7.45. The van der Waals surface area contributed by atoms with Gasteiger partial charge in [0.05, 0.1) is 15.7 Å². The van der Waals surface area contributed by atoms with E-state index in [9.17, 15) is 4.79 Å². The predicted molar refractivity (Wildman–Crippen MR) is 101 cm³/mol. The number of aryl methyl sites for hydroxylation is 1. The van der Waals surface area contributed by atoms with E-state index in [1.165, 1.54) is 12.3 Å². The summed E-state index contributed by atoms with van der Waals surface area (Å²) in [6.45, 7) is 1.97. The van der Waals surface area contributed by atoms with Gasteiger partial charge < -0.3 is 10.6 Å². The van der Waals surface area contributed by atoms with Gasteiger partial charge >= 0.3 is 0 Å². The maximum absolute atomic E-state index is 12.4. The van der Waals surface area contributed by atoms with Crippen molar-refractivity contribution in [2.75, 3.05) is 10.6 Å². The summed E-state index contributed by atoms with van der Waals surface area (Å²) < 4.78 is 0. The Bertz CT molecular complexity index is 910. The fourth-order valence-corrected chi connectivity index (χ4v) is 2.67. The van der Waals surface area contributed by atoms with Crippen molar-refractivity contribution < 1.29 is 4.79 Å². The monoisotopic (exact) mass is 372 g/mol. The molecule has 1 heterocycles. The van der Waals surface area contributed by atoms with Crippen molar-refractivity contribution in [3.63, 3.8) is 0 Å². The van der Waals surface area contributed by atoms with E-state index in [2.05, 4.69) is 20.6 Å². The van der Waals surface area contributed by atoms with Gasteiger partial charge in [0.2, 0.25) is 5.95 Å². The molecule has 0 radical (unpaired) electrons. The van der Waals surface area contributed by atoms with Crippen molar-refractivity contribution in [2.24, 2.45) is 0 Å². The first-order valence-corrected chi connectivity index (χ1v) is 8.21. The van der Waals surface area contributed by atoms with Gasteiger partial charge in [-0.25, -0.2) is 9.97 Å². The number of nitrogens with one attached hydrogen (secondary N) is 2. The number of benzene rings is 2. The summed E-state index contributed by atoms with van der Waals surface area (Å²) in [5.41, 5.74) is 2.46. The Morgan fingerprint density at radius 1 is 1.00 bits per heavy atom. The lowest BCUT2D eigenvalue weighted by molar-refractivity contribution is 0.102. The molecular weight excluding hydrogens is 359 g/mol. The van der Waals surface area contributed by atoms with Gasteiger partial charge in [0.25, 0.3) is 5.91 Å². The summed E-state index contributed by atoms with van der Waals surface area (Å²) in [7, 11) is 0. The molecule has 0 atom stereocenters. The second-order valence-electron chi connectivity index (χ2n) is 5.26. The van der Waals surface area contributed by atoms with Gasteiger partial charge in [-0.05, 0) is 36.8 Å². The molecule has 5 nitrogen and oxygen atoms in total. The van der Waals surface area contributed by atoms with E-state index >= 15 is 0 Å². The summed E-state index contributed by atoms with van der Waals surface area (Å²) >= 11 is 12.1. The van der Waals surface area contributed by atoms with Crippen LogP contribution in [0, 0.1) is 6.92 Å². The molecule has 1 amide bonds. The normalized spacial score (nSPS) is 10.4. The molecule has 0 aliphatic carbocycles. The smallest absolute Gasteiger partial charge is 0.274 e. The molecule has 0 aliphatic heterocycles. The number of hydrogen-bond acceptors (Lipinski definition) is 4. The Morgan fingerprint density at radius 2 is 1.72 bits per heavy atom. The number of nitrogens with zero attached hydrogens (tertiary/aromatic N) is 2. The van der Waals surface area contributed by atoms with Crippen LogP contribution in [0.2, 0.25) is 10.0 Å². The average Bonchev–Trinajstić information content (AvgIpc) is 2.60. The Morgan fingerprint density at radius 3 is 2.44 bits per heavy atom. The molecule has 0 fully saturated rings. The minimum atomic E-state index is -0.426. The quantitative estimate of drug-likeness (QED) is 0.669. The van der Waals surface area contributed by atoms with Gasteiger partial charge in [0.1, 0.15) is 5.69 Å². The van der Waals surface area contributed by atoms with Crippen LogP contribution >= 0.6 is 23.2 Å². The SMILES string of the molecule is Cc1ccccc1Nc1nccc(C(=O)Nc2c(Cl)cccc2Cl)n1. The van der Waals surface area contributed by atoms with E-state index in [-0.39, 0.29) is 5.69 Å². The van der Waals surface area contributed by atoms with Gasteiger partial charge in [-0.15, -0.1) is 0 Å². The van der Waals surface area contributed by atoms with E-state index < -0.39 is 5.91 Å². The molecule has 126 valence electrons. The third-order valence-electron chi connectivity index (χ3n) is 3.48. The minimum absolute atomic E-state index is 0.196. The zero-order valence-electron chi connectivity index (χ0n) is 13.3. The van der Waals surface area contributed by atoms with Crippen molar-refractivity contribution in [3.05, 3.63) is 76.0 Å². The molecule has 0 saturated heterocycles. The van der Waals surface area contributed by atoms with Crippen molar-refractivity contribution in [3.8, 4) is 0 Å². The number of anilines is 3. The number of carbonyl (C=O) groups is 1. The van der Waals surface area contributed by atoms with Crippen LogP contribution in [0.25, 0.3) is 0 Å². The topological polar surface area (TPSA) is 66.9 Å². The molecule has 0 saturated carbocycles. The van der Waals surface area contributed by atoms with Crippen molar-refractivity contribution in [1.29, 1.82) is 0 Å². The number of carbonyl (C=O) groups excluding carboxylic acids is 1. The Balaban J connectivity index is 1.81. The first-order chi connectivity index (χ1) is 12.0. The Hall–Kier alpha value is -2.63. The number of aromatic nitrogens is 2. The number of amides is 1. The standard InChI is InChI=1S/C18H14Cl2N4O/c1-11-5-2-3-8-14(11)22-18-21-10-9-15(23-18)17(25)24-16-12(19)6-4-7-13(16)20/h2-10H,1H3,(H,24,25)(H,21,22,23). The first kappa shape index (κ1) is 17.2. The molecule has 0 spiro atoms. The number of para-hydroxylation sites is 2. The summed E-state index contributed by atoms with van der Waals surface area (Å²) in [5.74, 6) is -0.0996. The second-order valence-corrected chi connectivity index (χ2v) is 6.07. The van der Waals surface area contributed by atoms with E-state index in [0.29, 0.717) is 21.7 Å². The highest BCUT2D eigenvalue weighted by Gasteiger charge is 2.13. The Labute approximate surface area is 155 Å². The fourth-order valence-electron chi connectivity index (χ4n) is 2.17. The van der Waals surface area contributed by atoms with E-state index in [1.807, 2.05) is 31.2 Å². The van der Waals surface area contributed by atoms with Crippen LogP contribution in [0.15, 0.2) is 54.7 Å². The predicted octanol–water partition coefficient (Wildman–Crippen LogP) is 5.09. The van der Waals surface area contributed by atoms with Crippen molar-refractivity contribution in [2.45, 2.75) is 6.92 Å². The van der Waals surface area contributed by atoms with E-state index in [1.54, 1.807) is 18.2 Å². The number of hydrogen-bond donors (Lipinski definition) is 2. The van der Waals surface area contributed by atoms with Crippen LogP contribution in [0.4, 0.5) is 17.3 Å². The molecule has 2 N–H and O–H groups in total. The lowest BCUT2D eigenvalue weighted by Gasteiger charge is -2.10. The number of rotatable bonds is 4. The molecule has 0 bridgehead atoms. The maximum Gasteiger partial charge on any atom is 0.274 e. The minimum Gasteiger partial charge on any atom is -0.324 e. The highest BCUT2D eigenvalue weighted by Crippen LogP contribution is 2.30. The lowest BCUT2D eigenvalue weighted by Crippen LogP contribution is -2.15. The highest BCUT2D eigenvalue weighted by molar-refractivity contribution is 6.40. The number of halogens is 2. The zero-order valence-corrected chi connectivity index (χ0v) is 14.8.